The Hall–Kier alpha value is -2.55. The second-order valence-electron chi connectivity index (χ2n) is 4.19. The Morgan fingerprint density at radius 1 is 1.38 bits per heavy atom. The molecule has 112 valence electrons. The average Bonchev–Trinajstić information content (AvgIpc) is 2.82. The molecule has 0 fully saturated rings. The van der Waals surface area contributed by atoms with Crippen LogP contribution >= 0.6 is 0 Å². The van der Waals surface area contributed by atoms with Crippen molar-refractivity contribution in [3.05, 3.63) is 36.0 Å². The number of benzene rings is 1. The van der Waals surface area contributed by atoms with Crippen LogP contribution < -0.4 is 10.5 Å². The largest absolute Gasteiger partial charge is 0.465 e. The quantitative estimate of drug-likeness (QED) is 0.630. The van der Waals surface area contributed by atoms with Crippen molar-refractivity contribution < 1.29 is 17.9 Å². The summed E-state index contributed by atoms with van der Waals surface area (Å²) in [5, 5.41) is 3.86. The van der Waals surface area contributed by atoms with E-state index in [-0.39, 0.29) is 22.0 Å². The van der Waals surface area contributed by atoms with Crippen LogP contribution in [-0.4, -0.2) is 31.3 Å². The minimum Gasteiger partial charge on any atom is -0.465 e. The summed E-state index contributed by atoms with van der Waals surface area (Å²) in [6.45, 7) is 0. The van der Waals surface area contributed by atoms with Gasteiger partial charge in [-0.15, -0.1) is 0 Å². The number of methoxy groups -OCH3 is 1. The normalized spacial score (nSPS) is 11.1. The maximum absolute atomic E-state index is 12.4. The molecule has 0 saturated carbocycles. The van der Waals surface area contributed by atoms with Gasteiger partial charge < -0.3 is 10.5 Å². The Kier molecular flexibility index (Phi) is 3.85. The lowest BCUT2D eigenvalue weighted by Gasteiger charge is -2.12. The number of nitrogens with one attached hydrogen (secondary N) is 1. The fourth-order valence-electron chi connectivity index (χ4n) is 1.71. The van der Waals surface area contributed by atoms with E-state index in [1.54, 1.807) is 7.05 Å². The van der Waals surface area contributed by atoms with Crippen LogP contribution in [0.5, 0.6) is 0 Å². The van der Waals surface area contributed by atoms with Crippen LogP contribution in [0.2, 0.25) is 0 Å². The molecule has 1 aromatic heterocycles. The van der Waals surface area contributed by atoms with Gasteiger partial charge >= 0.3 is 5.97 Å². The molecule has 0 saturated heterocycles. The van der Waals surface area contributed by atoms with Gasteiger partial charge in [-0.3, -0.25) is 9.40 Å². The van der Waals surface area contributed by atoms with Crippen molar-refractivity contribution in [3.8, 4) is 0 Å². The highest BCUT2D eigenvalue weighted by Crippen LogP contribution is 2.22. The lowest BCUT2D eigenvalue weighted by Crippen LogP contribution is -2.19. The minimum absolute atomic E-state index is 0.0960. The Bertz CT molecular complexity index is 782. The monoisotopic (exact) mass is 310 g/mol. The number of ether oxygens (including phenoxy) is 1. The summed E-state index contributed by atoms with van der Waals surface area (Å²) in [4.78, 5) is 11.4. The zero-order valence-corrected chi connectivity index (χ0v) is 12.2. The molecule has 0 spiro atoms. The van der Waals surface area contributed by atoms with Crippen molar-refractivity contribution in [1.82, 2.24) is 9.78 Å². The lowest BCUT2D eigenvalue weighted by molar-refractivity contribution is 0.0596. The van der Waals surface area contributed by atoms with Gasteiger partial charge in [-0.1, -0.05) is 0 Å². The molecule has 2 aromatic rings. The Morgan fingerprint density at radius 2 is 2.10 bits per heavy atom. The first-order chi connectivity index (χ1) is 9.85. The number of sulfonamides is 1. The van der Waals surface area contributed by atoms with Gasteiger partial charge in [0.15, 0.2) is 0 Å². The number of nitrogens with two attached hydrogens (primary N) is 1. The van der Waals surface area contributed by atoms with Gasteiger partial charge in [0.25, 0.3) is 10.0 Å². The fraction of sp³-hybridized carbons (Fsp3) is 0.167. The number of anilines is 2. The molecule has 1 aromatic carbocycles. The molecule has 0 radical (unpaired) electrons. The molecule has 3 N–H and O–H groups in total. The molecule has 0 aliphatic carbocycles. The summed E-state index contributed by atoms with van der Waals surface area (Å²) in [5.41, 5.74) is 5.73. The maximum atomic E-state index is 12.4. The molecule has 0 amide bonds. The van der Waals surface area contributed by atoms with E-state index in [0.29, 0.717) is 0 Å². The first-order valence-electron chi connectivity index (χ1n) is 5.84. The molecule has 1 heterocycles. The van der Waals surface area contributed by atoms with E-state index in [2.05, 4.69) is 14.6 Å². The number of carbonyl (C=O) groups excluding carboxylic acids is 1. The number of aryl methyl sites for hydroxylation is 1. The van der Waals surface area contributed by atoms with Crippen LogP contribution in [0.25, 0.3) is 0 Å². The topological polar surface area (TPSA) is 116 Å². The van der Waals surface area contributed by atoms with Gasteiger partial charge in [-0.2, -0.15) is 5.10 Å². The number of nitrogens with zero attached hydrogens (tertiary/aromatic N) is 2. The minimum atomic E-state index is -4.01. The summed E-state index contributed by atoms with van der Waals surface area (Å²) >= 11 is 0. The van der Waals surface area contributed by atoms with Crippen LogP contribution in [0.1, 0.15) is 10.4 Å². The molecule has 2 rings (SSSR count). The Morgan fingerprint density at radius 3 is 2.67 bits per heavy atom. The van der Waals surface area contributed by atoms with Crippen LogP contribution in [0.15, 0.2) is 35.4 Å². The smallest absolute Gasteiger partial charge is 0.339 e. The van der Waals surface area contributed by atoms with Crippen molar-refractivity contribution in [3.63, 3.8) is 0 Å². The standard InChI is InChI=1S/C12H14N4O4S/c1-16-11(5-6-14-16)15-21(18,19)10-7-8(13)3-4-9(10)12(17)20-2/h3-7,15H,13H2,1-2H3. The van der Waals surface area contributed by atoms with E-state index < -0.39 is 16.0 Å². The van der Waals surface area contributed by atoms with Gasteiger partial charge in [-0.05, 0) is 18.2 Å². The molecule has 0 aliphatic rings. The Labute approximate surface area is 121 Å². The number of hydrogen-bond donors (Lipinski definition) is 2. The van der Waals surface area contributed by atoms with Crippen molar-refractivity contribution in [2.45, 2.75) is 4.90 Å². The number of nitrogen functional groups attached to an aromatic ring is 1. The van der Waals surface area contributed by atoms with Crippen LogP contribution in [0.3, 0.4) is 0 Å². The highest BCUT2D eigenvalue weighted by atomic mass is 32.2. The van der Waals surface area contributed by atoms with Crippen LogP contribution in [0, 0.1) is 0 Å². The molecule has 9 heteroatoms. The number of carbonyl (C=O) groups is 1. The van der Waals surface area contributed by atoms with E-state index in [1.807, 2.05) is 0 Å². The van der Waals surface area contributed by atoms with Crippen molar-refractivity contribution in [2.24, 2.45) is 7.05 Å². The second-order valence-corrected chi connectivity index (χ2v) is 5.84. The average molecular weight is 310 g/mol. The first kappa shape index (κ1) is 14.9. The molecule has 0 bridgehead atoms. The first-order valence-corrected chi connectivity index (χ1v) is 7.32. The molecular formula is C12H14N4O4S. The van der Waals surface area contributed by atoms with E-state index >= 15 is 0 Å². The van der Waals surface area contributed by atoms with Gasteiger partial charge in [0.1, 0.15) is 10.7 Å². The third-order valence-electron chi connectivity index (χ3n) is 2.76. The van der Waals surface area contributed by atoms with Crippen LogP contribution in [0.4, 0.5) is 11.5 Å². The number of aromatic nitrogens is 2. The molecule has 21 heavy (non-hydrogen) atoms. The van der Waals surface area contributed by atoms with Gasteiger partial charge in [-0.25, -0.2) is 13.2 Å². The van der Waals surface area contributed by atoms with E-state index in [1.165, 1.54) is 42.3 Å². The third-order valence-corrected chi connectivity index (χ3v) is 4.16. The summed E-state index contributed by atoms with van der Waals surface area (Å²) in [5.74, 6) is -0.506. The highest BCUT2D eigenvalue weighted by molar-refractivity contribution is 7.92. The zero-order chi connectivity index (χ0) is 15.6. The van der Waals surface area contributed by atoms with Crippen LogP contribution in [-0.2, 0) is 21.8 Å². The molecular weight excluding hydrogens is 296 g/mol. The zero-order valence-electron chi connectivity index (χ0n) is 11.4. The van der Waals surface area contributed by atoms with E-state index in [9.17, 15) is 13.2 Å². The summed E-state index contributed by atoms with van der Waals surface area (Å²) in [6.07, 6.45) is 1.44. The number of hydrogen-bond acceptors (Lipinski definition) is 6. The van der Waals surface area contributed by atoms with Gasteiger partial charge in [0, 0.05) is 18.8 Å². The summed E-state index contributed by atoms with van der Waals surface area (Å²) in [7, 11) is -1.25. The van der Waals surface area contributed by atoms with E-state index in [4.69, 9.17) is 5.73 Å². The highest BCUT2D eigenvalue weighted by Gasteiger charge is 2.24. The molecule has 8 nitrogen and oxygen atoms in total. The summed E-state index contributed by atoms with van der Waals surface area (Å²) in [6, 6.07) is 5.42. The second kappa shape index (κ2) is 5.44. The molecule has 0 unspecified atom stereocenters. The number of rotatable bonds is 4. The van der Waals surface area contributed by atoms with Crippen molar-refractivity contribution >= 4 is 27.5 Å². The molecule has 0 atom stereocenters. The van der Waals surface area contributed by atoms with E-state index in [0.717, 1.165) is 0 Å². The van der Waals surface area contributed by atoms with Gasteiger partial charge in [0.05, 0.1) is 18.9 Å². The Balaban J connectivity index is 2.51. The van der Waals surface area contributed by atoms with Crippen molar-refractivity contribution in [1.29, 1.82) is 0 Å². The maximum Gasteiger partial charge on any atom is 0.339 e. The van der Waals surface area contributed by atoms with Crippen molar-refractivity contribution in [2.75, 3.05) is 17.6 Å². The molecule has 0 aliphatic heterocycles. The predicted molar refractivity (Wildman–Crippen MR) is 76.2 cm³/mol. The number of esters is 1. The predicted octanol–water partition coefficient (Wildman–Crippen LogP) is 0.590. The summed E-state index contributed by atoms with van der Waals surface area (Å²) < 4.78 is 33.1. The fourth-order valence-corrected chi connectivity index (χ4v) is 3.02. The SMILES string of the molecule is COC(=O)c1ccc(N)cc1S(=O)(=O)Nc1ccnn1C. The lowest BCUT2D eigenvalue weighted by atomic mass is 10.2. The van der Waals surface area contributed by atoms with Gasteiger partial charge in [0.2, 0.25) is 0 Å². The third kappa shape index (κ3) is 2.97.